The number of nitro groups is 1. The van der Waals surface area contributed by atoms with E-state index in [4.69, 9.17) is 15.5 Å². The minimum absolute atomic E-state index is 0.0328. The summed E-state index contributed by atoms with van der Waals surface area (Å²) in [5, 5.41) is 23.2. The highest BCUT2D eigenvalue weighted by atomic mass is 32.1. The first-order valence-electron chi connectivity index (χ1n) is 12.5. The standard InChI is InChI=1S/C28H25F2N5O5S/c1-40-26-12-19(35(38)39)4-5-22(26)32-28-34(24(15-41-28)17-2-7-25(36)20(10-17)27(31)37)14-16-8-9-33(13-16)23-6-3-18(29)11-21(23)30/h2-7,10-12,15-16,36H,8-9,13-14H2,1H3,(H2,31,37). The highest BCUT2D eigenvalue weighted by Crippen LogP contribution is 2.33. The Morgan fingerprint density at radius 3 is 2.73 bits per heavy atom. The first-order chi connectivity index (χ1) is 19.6. The van der Waals surface area contributed by atoms with Gasteiger partial charge in [0.1, 0.15) is 23.1 Å². The van der Waals surface area contributed by atoms with Crippen LogP contribution in [0.4, 0.5) is 25.8 Å². The Hall–Kier alpha value is -4.78. The molecule has 0 saturated carbocycles. The number of primary amides is 1. The third kappa shape index (κ3) is 5.75. The van der Waals surface area contributed by atoms with Crippen molar-refractivity contribution in [3.05, 3.63) is 92.1 Å². The summed E-state index contributed by atoms with van der Waals surface area (Å²) in [6, 6.07) is 12.2. The molecule has 10 nitrogen and oxygen atoms in total. The van der Waals surface area contributed by atoms with Crippen LogP contribution in [0.25, 0.3) is 11.3 Å². The van der Waals surface area contributed by atoms with Crippen LogP contribution in [0.3, 0.4) is 0 Å². The van der Waals surface area contributed by atoms with Gasteiger partial charge in [0.15, 0.2) is 10.6 Å². The Morgan fingerprint density at radius 1 is 1.22 bits per heavy atom. The summed E-state index contributed by atoms with van der Waals surface area (Å²) >= 11 is 1.31. The van der Waals surface area contributed by atoms with E-state index >= 15 is 0 Å². The van der Waals surface area contributed by atoms with Gasteiger partial charge in [0.05, 0.1) is 35.0 Å². The monoisotopic (exact) mass is 581 g/mol. The number of nitro benzene ring substituents is 1. The summed E-state index contributed by atoms with van der Waals surface area (Å²) in [7, 11) is 1.40. The van der Waals surface area contributed by atoms with Crippen molar-refractivity contribution in [2.45, 2.75) is 13.0 Å². The van der Waals surface area contributed by atoms with Gasteiger partial charge in [-0.15, -0.1) is 11.3 Å². The fourth-order valence-corrected chi connectivity index (χ4v) is 5.82. The molecule has 1 saturated heterocycles. The molecule has 1 unspecified atom stereocenters. The largest absolute Gasteiger partial charge is 0.507 e. The van der Waals surface area contributed by atoms with Crippen LogP contribution in [0.2, 0.25) is 0 Å². The molecule has 2 heterocycles. The van der Waals surface area contributed by atoms with Gasteiger partial charge in [-0.1, -0.05) is 0 Å². The zero-order chi connectivity index (χ0) is 29.3. The number of halogens is 2. The highest BCUT2D eigenvalue weighted by Gasteiger charge is 2.26. The number of ether oxygens (including phenoxy) is 1. The molecule has 212 valence electrons. The lowest BCUT2D eigenvalue weighted by atomic mass is 10.1. The van der Waals surface area contributed by atoms with Gasteiger partial charge in [-0.25, -0.2) is 13.8 Å². The molecule has 4 aromatic rings. The molecule has 1 fully saturated rings. The summed E-state index contributed by atoms with van der Waals surface area (Å²) in [5.74, 6) is -2.01. The van der Waals surface area contributed by atoms with Crippen molar-refractivity contribution in [1.82, 2.24) is 4.57 Å². The molecule has 1 aliphatic rings. The molecule has 1 aliphatic heterocycles. The zero-order valence-electron chi connectivity index (χ0n) is 21.8. The summed E-state index contributed by atoms with van der Waals surface area (Å²) in [6.45, 7) is 1.53. The van der Waals surface area contributed by atoms with Crippen molar-refractivity contribution in [3.8, 4) is 22.8 Å². The van der Waals surface area contributed by atoms with Crippen LogP contribution >= 0.6 is 11.3 Å². The molecule has 41 heavy (non-hydrogen) atoms. The number of nitrogens with zero attached hydrogens (tertiary/aromatic N) is 4. The van der Waals surface area contributed by atoms with Crippen LogP contribution in [-0.2, 0) is 6.54 Å². The number of benzene rings is 3. The Kier molecular flexibility index (Phi) is 7.70. The van der Waals surface area contributed by atoms with E-state index in [1.165, 1.54) is 60.9 Å². The molecular formula is C28H25F2N5O5S. The van der Waals surface area contributed by atoms with Crippen molar-refractivity contribution >= 4 is 34.3 Å². The first-order valence-corrected chi connectivity index (χ1v) is 13.4. The molecule has 0 spiro atoms. The van der Waals surface area contributed by atoms with Gasteiger partial charge in [0.2, 0.25) is 0 Å². The second kappa shape index (κ2) is 11.4. The average molecular weight is 582 g/mol. The zero-order valence-corrected chi connectivity index (χ0v) is 22.6. The number of aromatic hydroxyl groups is 1. The van der Waals surface area contributed by atoms with Crippen LogP contribution < -0.4 is 20.2 Å². The minimum Gasteiger partial charge on any atom is -0.507 e. The smallest absolute Gasteiger partial charge is 0.273 e. The van der Waals surface area contributed by atoms with Gasteiger partial charge in [-0.3, -0.25) is 14.9 Å². The van der Waals surface area contributed by atoms with E-state index in [-0.39, 0.29) is 28.7 Å². The van der Waals surface area contributed by atoms with Crippen molar-refractivity contribution in [1.29, 1.82) is 0 Å². The van der Waals surface area contributed by atoms with Gasteiger partial charge in [0.25, 0.3) is 11.6 Å². The highest BCUT2D eigenvalue weighted by molar-refractivity contribution is 7.07. The Labute approximate surface area is 236 Å². The lowest BCUT2D eigenvalue weighted by molar-refractivity contribution is -0.384. The quantitative estimate of drug-likeness (QED) is 0.223. The summed E-state index contributed by atoms with van der Waals surface area (Å²) in [5.41, 5.74) is 7.31. The molecule has 3 N–H and O–H groups in total. The molecule has 1 atom stereocenters. The van der Waals surface area contributed by atoms with E-state index in [1.807, 2.05) is 14.8 Å². The number of anilines is 1. The number of phenols is 1. The van der Waals surface area contributed by atoms with E-state index in [2.05, 4.69) is 0 Å². The maximum absolute atomic E-state index is 14.5. The second-order valence-electron chi connectivity index (χ2n) is 9.53. The minimum atomic E-state index is -0.778. The first kappa shape index (κ1) is 27.8. The molecule has 0 radical (unpaired) electrons. The van der Waals surface area contributed by atoms with Crippen molar-refractivity contribution < 1.29 is 28.3 Å². The van der Waals surface area contributed by atoms with Crippen LogP contribution in [0.5, 0.6) is 11.5 Å². The fraction of sp³-hybridized carbons (Fsp3) is 0.214. The Bertz CT molecular complexity index is 1720. The van der Waals surface area contributed by atoms with Crippen molar-refractivity contribution in [3.63, 3.8) is 0 Å². The van der Waals surface area contributed by atoms with Crippen LogP contribution in [0, 0.1) is 27.7 Å². The van der Waals surface area contributed by atoms with Crippen molar-refractivity contribution in [2.75, 3.05) is 25.1 Å². The van der Waals surface area contributed by atoms with E-state index in [0.717, 1.165) is 12.5 Å². The number of methoxy groups -OCH3 is 1. The molecule has 3 aromatic carbocycles. The number of amides is 1. The number of carbonyl (C=O) groups is 1. The summed E-state index contributed by atoms with van der Waals surface area (Å²) < 4.78 is 35.2. The predicted octanol–water partition coefficient (Wildman–Crippen LogP) is 4.98. The third-order valence-corrected chi connectivity index (χ3v) is 7.79. The number of non-ortho nitro benzene ring substituents is 1. The van der Waals surface area contributed by atoms with E-state index in [1.54, 1.807) is 6.07 Å². The molecule has 1 amide bonds. The molecule has 5 rings (SSSR count). The summed E-state index contributed by atoms with van der Waals surface area (Å²) in [4.78, 5) is 29.8. The average Bonchev–Trinajstić information content (AvgIpc) is 3.56. The maximum atomic E-state index is 14.5. The molecule has 1 aromatic heterocycles. The van der Waals surface area contributed by atoms with E-state index < -0.39 is 22.5 Å². The number of aromatic nitrogens is 1. The van der Waals surface area contributed by atoms with Crippen molar-refractivity contribution in [2.24, 2.45) is 16.6 Å². The van der Waals surface area contributed by atoms with Crippen LogP contribution in [0.1, 0.15) is 16.8 Å². The summed E-state index contributed by atoms with van der Waals surface area (Å²) in [6.07, 6.45) is 0.724. The predicted molar refractivity (Wildman–Crippen MR) is 149 cm³/mol. The fourth-order valence-electron chi connectivity index (χ4n) is 4.89. The number of thiazole rings is 1. The second-order valence-corrected chi connectivity index (χ2v) is 10.4. The maximum Gasteiger partial charge on any atom is 0.273 e. The van der Waals surface area contributed by atoms with Gasteiger partial charge in [-0.2, -0.15) is 0 Å². The normalized spacial score (nSPS) is 15.3. The molecule has 13 heteroatoms. The van der Waals surface area contributed by atoms with Gasteiger partial charge in [-0.05, 0) is 48.7 Å². The number of rotatable bonds is 8. The van der Waals surface area contributed by atoms with Crippen LogP contribution in [0.15, 0.2) is 65.0 Å². The topological polar surface area (TPSA) is 136 Å². The van der Waals surface area contributed by atoms with Gasteiger partial charge in [0, 0.05) is 42.7 Å². The number of hydrogen-bond acceptors (Lipinski definition) is 8. The number of nitrogens with two attached hydrogens (primary N) is 1. The Morgan fingerprint density at radius 2 is 2.02 bits per heavy atom. The van der Waals surface area contributed by atoms with Crippen LogP contribution in [-0.4, -0.2) is 40.7 Å². The Balaban J connectivity index is 1.56. The molecular weight excluding hydrogens is 556 g/mol. The third-order valence-electron chi connectivity index (χ3n) is 6.92. The van der Waals surface area contributed by atoms with Gasteiger partial charge >= 0.3 is 0 Å². The lowest BCUT2D eigenvalue weighted by Gasteiger charge is -2.20. The molecule has 0 aliphatic carbocycles. The number of carbonyl (C=O) groups excluding carboxylic acids is 1. The van der Waals surface area contributed by atoms with E-state index in [0.29, 0.717) is 47.1 Å². The lowest BCUT2D eigenvalue weighted by Crippen LogP contribution is -2.25. The van der Waals surface area contributed by atoms with Gasteiger partial charge < -0.3 is 25.0 Å². The SMILES string of the molecule is COc1cc([N+](=O)[O-])ccc1N=c1scc(-c2ccc(O)c(C(N)=O)c2)n1CC1CCN(c2ccc(F)cc2F)C1. The van der Waals surface area contributed by atoms with E-state index in [9.17, 15) is 28.8 Å². The molecule has 0 bridgehead atoms. The number of hydrogen-bond donors (Lipinski definition) is 2.